The van der Waals surface area contributed by atoms with Crippen molar-refractivity contribution in [2.75, 3.05) is 0 Å². The molecule has 0 radical (unpaired) electrons. The number of nitrogens with zero attached hydrogens (tertiary/aromatic N) is 2. The second kappa shape index (κ2) is 3.80. The highest BCUT2D eigenvalue weighted by atomic mass is 16.5. The molecule has 1 aromatic heterocycles. The molecule has 3 atom stereocenters. The van der Waals surface area contributed by atoms with Crippen molar-refractivity contribution in [2.45, 2.75) is 63.8 Å². The summed E-state index contributed by atoms with van der Waals surface area (Å²) in [6.07, 6.45) is 5.80. The molecule has 94 valence electrons. The molecule has 0 amide bonds. The Morgan fingerprint density at radius 1 is 1.29 bits per heavy atom. The van der Waals surface area contributed by atoms with Gasteiger partial charge in [0.15, 0.2) is 5.82 Å². The van der Waals surface area contributed by atoms with E-state index in [2.05, 4.69) is 24.0 Å². The maximum atomic E-state index is 6.14. The lowest BCUT2D eigenvalue weighted by molar-refractivity contribution is 0.289. The Morgan fingerprint density at radius 3 is 2.65 bits per heavy atom. The van der Waals surface area contributed by atoms with Gasteiger partial charge in [-0.1, -0.05) is 31.8 Å². The van der Waals surface area contributed by atoms with Crippen molar-refractivity contribution in [2.24, 2.45) is 11.1 Å². The zero-order chi connectivity index (χ0) is 12.0. The topological polar surface area (TPSA) is 64.9 Å². The van der Waals surface area contributed by atoms with Crippen LogP contribution in [0, 0.1) is 5.41 Å². The largest absolute Gasteiger partial charge is 0.339 e. The van der Waals surface area contributed by atoms with E-state index in [4.69, 9.17) is 10.3 Å². The van der Waals surface area contributed by atoms with E-state index < -0.39 is 0 Å². The van der Waals surface area contributed by atoms with Crippen molar-refractivity contribution in [3.8, 4) is 0 Å². The molecule has 0 aliphatic heterocycles. The third kappa shape index (κ3) is 1.99. The van der Waals surface area contributed by atoms with Crippen molar-refractivity contribution >= 4 is 0 Å². The second-order valence-electron chi connectivity index (χ2n) is 6.29. The Balaban J connectivity index is 1.76. The van der Waals surface area contributed by atoms with Crippen molar-refractivity contribution in [3.63, 3.8) is 0 Å². The van der Waals surface area contributed by atoms with Crippen LogP contribution in [-0.2, 0) is 0 Å². The summed E-state index contributed by atoms with van der Waals surface area (Å²) in [5.74, 6) is 2.43. The first-order valence-corrected chi connectivity index (χ1v) is 6.67. The quantitative estimate of drug-likeness (QED) is 0.855. The molecule has 4 nitrogen and oxygen atoms in total. The van der Waals surface area contributed by atoms with Gasteiger partial charge in [0.1, 0.15) is 0 Å². The fourth-order valence-electron chi connectivity index (χ4n) is 2.91. The van der Waals surface area contributed by atoms with Crippen LogP contribution in [0.1, 0.15) is 69.5 Å². The molecular formula is C13H21N3O. The Bertz CT molecular complexity index is 413. The summed E-state index contributed by atoms with van der Waals surface area (Å²) in [6, 6.07) is 0.198. The molecule has 0 saturated heterocycles. The van der Waals surface area contributed by atoms with Crippen molar-refractivity contribution in [3.05, 3.63) is 11.7 Å². The van der Waals surface area contributed by atoms with E-state index in [1.807, 2.05) is 0 Å². The van der Waals surface area contributed by atoms with Crippen LogP contribution in [0.3, 0.4) is 0 Å². The Hall–Kier alpha value is -0.900. The zero-order valence-corrected chi connectivity index (χ0v) is 10.6. The molecule has 2 N–H and O–H groups in total. The fraction of sp³-hybridized carbons (Fsp3) is 0.846. The zero-order valence-electron chi connectivity index (χ0n) is 10.6. The van der Waals surface area contributed by atoms with Gasteiger partial charge in [-0.3, -0.25) is 0 Å². The number of rotatable bonds is 2. The first-order valence-electron chi connectivity index (χ1n) is 6.67. The van der Waals surface area contributed by atoms with E-state index in [-0.39, 0.29) is 12.0 Å². The summed E-state index contributed by atoms with van der Waals surface area (Å²) in [7, 11) is 0. The lowest BCUT2D eigenvalue weighted by Gasteiger charge is -2.25. The van der Waals surface area contributed by atoms with Crippen LogP contribution in [0.25, 0.3) is 0 Å². The van der Waals surface area contributed by atoms with Crippen LogP contribution in [0.2, 0.25) is 0 Å². The highest BCUT2D eigenvalue weighted by Crippen LogP contribution is 2.57. The molecule has 2 aliphatic carbocycles. The van der Waals surface area contributed by atoms with Gasteiger partial charge in [0.2, 0.25) is 5.89 Å². The highest BCUT2D eigenvalue weighted by Gasteiger charge is 2.49. The average molecular weight is 235 g/mol. The van der Waals surface area contributed by atoms with E-state index in [9.17, 15) is 0 Å². The molecule has 2 fully saturated rings. The number of hydrogen-bond donors (Lipinski definition) is 1. The summed E-state index contributed by atoms with van der Waals surface area (Å²) in [5.41, 5.74) is 6.49. The maximum absolute atomic E-state index is 6.14. The van der Waals surface area contributed by atoms with E-state index >= 15 is 0 Å². The second-order valence-corrected chi connectivity index (χ2v) is 6.29. The van der Waals surface area contributed by atoms with Gasteiger partial charge in [0.25, 0.3) is 0 Å². The lowest BCUT2D eigenvalue weighted by Crippen LogP contribution is -2.31. The summed E-state index contributed by atoms with van der Waals surface area (Å²) in [4.78, 5) is 4.58. The molecule has 0 bridgehead atoms. The normalized spacial score (nSPS) is 35.8. The van der Waals surface area contributed by atoms with Crippen molar-refractivity contribution in [1.82, 2.24) is 10.1 Å². The molecule has 0 spiro atoms. The van der Waals surface area contributed by atoms with Crippen LogP contribution >= 0.6 is 0 Å². The van der Waals surface area contributed by atoms with Gasteiger partial charge in [-0.15, -0.1) is 0 Å². The van der Waals surface area contributed by atoms with Crippen LogP contribution < -0.4 is 5.73 Å². The summed E-state index contributed by atoms with van der Waals surface area (Å²) >= 11 is 0. The standard InChI is InChI=1S/C13H21N3O/c1-13(2)7-9(13)11-15-12(17-16-11)8-5-3-4-6-10(8)14/h8-10H,3-7,14H2,1-2H3. The van der Waals surface area contributed by atoms with Gasteiger partial charge in [0.05, 0.1) is 5.92 Å². The minimum absolute atomic E-state index is 0.198. The van der Waals surface area contributed by atoms with Crippen LogP contribution in [0.15, 0.2) is 4.52 Å². The minimum atomic E-state index is 0.198. The average Bonchev–Trinajstić information content (AvgIpc) is 2.76. The smallest absolute Gasteiger partial charge is 0.231 e. The van der Waals surface area contributed by atoms with E-state index in [0.717, 1.165) is 24.6 Å². The number of hydrogen-bond acceptors (Lipinski definition) is 4. The highest BCUT2D eigenvalue weighted by molar-refractivity contribution is 5.15. The Morgan fingerprint density at radius 2 is 2.00 bits per heavy atom. The van der Waals surface area contributed by atoms with Gasteiger partial charge in [0, 0.05) is 12.0 Å². The Kier molecular flexibility index (Phi) is 2.51. The van der Waals surface area contributed by atoms with Gasteiger partial charge >= 0.3 is 0 Å². The summed E-state index contributed by atoms with van der Waals surface area (Å²) < 4.78 is 5.43. The molecule has 1 heterocycles. The Labute approximate surface area is 102 Å². The van der Waals surface area contributed by atoms with Crippen LogP contribution in [0.5, 0.6) is 0 Å². The van der Waals surface area contributed by atoms with E-state index in [1.54, 1.807) is 0 Å². The SMILES string of the molecule is CC1(C)CC1c1noc(C2CCCCC2N)n1. The van der Waals surface area contributed by atoms with Crippen LogP contribution in [0.4, 0.5) is 0 Å². The first kappa shape index (κ1) is 11.2. The molecule has 17 heavy (non-hydrogen) atoms. The molecular weight excluding hydrogens is 214 g/mol. The molecule has 3 rings (SSSR count). The number of nitrogens with two attached hydrogens (primary N) is 1. The van der Waals surface area contributed by atoms with E-state index in [1.165, 1.54) is 19.3 Å². The summed E-state index contributed by atoms with van der Waals surface area (Å²) in [5, 5.41) is 4.14. The fourth-order valence-corrected chi connectivity index (χ4v) is 2.91. The molecule has 2 saturated carbocycles. The summed E-state index contributed by atoms with van der Waals surface area (Å²) in [6.45, 7) is 4.50. The van der Waals surface area contributed by atoms with E-state index in [0.29, 0.717) is 11.3 Å². The van der Waals surface area contributed by atoms with Gasteiger partial charge < -0.3 is 10.3 Å². The minimum Gasteiger partial charge on any atom is -0.339 e. The maximum Gasteiger partial charge on any atom is 0.231 e. The monoisotopic (exact) mass is 235 g/mol. The van der Waals surface area contributed by atoms with Crippen LogP contribution in [-0.4, -0.2) is 16.2 Å². The third-order valence-electron chi connectivity index (χ3n) is 4.42. The molecule has 3 unspecified atom stereocenters. The van der Waals surface area contributed by atoms with Crippen molar-refractivity contribution in [1.29, 1.82) is 0 Å². The van der Waals surface area contributed by atoms with Gasteiger partial charge in [-0.25, -0.2) is 0 Å². The lowest BCUT2D eigenvalue weighted by atomic mass is 9.85. The number of aromatic nitrogens is 2. The first-order chi connectivity index (χ1) is 8.08. The van der Waals surface area contributed by atoms with Crippen molar-refractivity contribution < 1.29 is 4.52 Å². The molecule has 0 aromatic carbocycles. The third-order valence-corrected chi connectivity index (χ3v) is 4.42. The molecule has 1 aromatic rings. The molecule has 4 heteroatoms. The molecule has 2 aliphatic rings. The van der Waals surface area contributed by atoms with Gasteiger partial charge in [-0.2, -0.15) is 4.98 Å². The predicted octanol–water partition coefficient (Wildman–Crippen LogP) is 2.57. The van der Waals surface area contributed by atoms with Gasteiger partial charge in [-0.05, 0) is 24.7 Å². The predicted molar refractivity (Wildman–Crippen MR) is 64.6 cm³/mol.